The van der Waals surface area contributed by atoms with Crippen molar-refractivity contribution < 1.29 is 5.11 Å². The number of hydrogen-bond acceptors (Lipinski definition) is 3. The summed E-state index contributed by atoms with van der Waals surface area (Å²) in [5.74, 6) is 0. The maximum absolute atomic E-state index is 11.0. The van der Waals surface area contributed by atoms with Gasteiger partial charge in [0.15, 0.2) is 0 Å². The molecule has 0 saturated heterocycles. The summed E-state index contributed by atoms with van der Waals surface area (Å²) in [4.78, 5) is 2.06. The zero-order chi connectivity index (χ0) is 15.6. The molecular formula is C15H19BrClN3O. The zero-order valence-electron chi connectivity index (χ0n) is 12.3. The molecule has 2 rings (SSSR count). The van der Waals surface area contributed by atoms with E-state index in [-0.39, 0.29) is 0 Å². The lowest BCUT2D eigenvalue weighted by atomic mass is 9.92. The standard InChI is InChI=1S/C15H19BrClN3O/c1-15(21,11-4-6-12(16)7-5-11)14-13(17)10-18-20(14)9-8-19(2)3/h4-7,10,21H,8-9H2,1-3H3. The predicted octanol–water partition coefficient (Wildman–Crippen LogP) is 3.12. The molecule has 0 saturated carbocycles. The maximum Gasteiger partial charge on any atom is 0.130 e. The molecule has 1 N–H and O–H groups in total. The first-order valence-electron chi connectivity index (χ1n) is 6.67. The minimum absolute atomic E-state index is 0.474. The van der Waals surface area contributed by atoms with Crippen LogP contribution in [0.3, 0.4) is 0 Å². The van der Waals surface area contributed by atoms with Gasteiger partial charge in [0.1, 0.15) is 5.60 Å². The van der Waals surface area contributed by atoms with Gasteiger partial charge in [0.05, 0.1) is 23.5 Å². The minimum atomic E-state index is -1.19. The van der Waals surface area contributed by atoms with Crippen LogP contribution in [0.5, 0.6) is 0 Å². The van der Waals surface area contributed by atoms with Crippen molar-refractivity contribution in [1.29, 1.82) is 0 Å². The molecule has 1 aromatic heterocycles. The van der Waals surface area contributed by atoms with Gasteiger partial charge in [0, 0.05) is 11.0 Å². The second kappa shape index (κ2) is 6.48. The largest absolute Gasteiger partial charge is 0.379 e. The van der Waals surface area contributed by atoms with Crippen molar-refractivity contribution in [2.75, 3.05) is 20.6 Å². The Morgan fingerprint density at radius 2 is 1.95 bits per heavy atom. The van der Waals surface area contributed by atoms with Crippen LogP contribution in [0.4, 0.5) is 0 Å². The average molecular weight is 373 g/mol. The van der Waals surface area contributed by atoms with Gasteiger partial charge in [-0.2, -0.15) is 5.10 Å². The fraction of sp³-hybridized carbons (Fsp3) is 0.400. The predicted molar refractivity (Wildman–Crippen MR) is 88.6 cm³/mol. The highest BCUT2D eigenvalue weighted by Crippen LogP contribution is 2.34. The van der Waals surface area contributed by atoms with E-state index in [0.29, 0.717) is 17.3 Å². The van der Waals surface area contributed by atoms with E-state index in [2.05, 4.69) is 25.9 Å². The second-order valence-electron chi connectivity index (χ2n) is 5.45. The zero-order valence-corrected chi connectivity index (χ0v) is 14.7. The van der Waals surface area contributed by atoms with Crippen molar-refractivity contribution >= 4 is 27.5 Å². The first-order chi connectivity index (χ1) is 9.82. The Morgan fingerprint density at radius 3 is 2.52 bits per heavy atom. The van der Waals surface area contributed by atoms with Gasteiger partial charge in [-0.05, 0) is 38.7 Å². The number of likely N-dealkylation sites (N-methyl/N-ethyl adjacent to an activating group) is 1. The number of hydrogen-bond donors (Lipinski definition) is 1. The summed E-state index contributed by atoms with van der Waals surface area (Å²) < 4.78 is 2.74. The molecule has 0 amide bonds. The lowest BCUT2D eigenvalue weighted by molar-refractivity contribution is 0.0910. The van der Waals surface area contributed by atoms with Crippen LogP contribution >= 0.6 is 27.5 Å². The SMILES string of the molecule is CN(C)CCn1ncc(Cl)c1C(C)(O)c1ccc(Br)cc1. The van der Waals surface area contributed by atoms with Crippen LogP contribution < -0.4 is 0 Å². The van der Waals surface area contributed by atoms with Crippen LogP contribution in [0.25, 0.3) is 0 Å². The first kappa shape index (κ1) is 16.5. The normalized spacial score (nSPS) is 14.4. The molecule has 0 aliphatic rings. The van der Waals surface area contributed by atoms with E-state index in [1.165, 1.54) is 0 Å². The van der Waals surface area contributed by atoms with E-state index in [0.717, 1.165) is 16.6 Å². The quantitative estimate of drug-likeness (QED) is 0.877. The Hall–Kier alpha value is -0.880. The number of aromatic nitrogens is 2. The van der Waals surface area contributed by atoms with Gasteiger partial charge in [-0.1, -0.05) is 39.7 Å². The monoisotopic (exact) mass is 371 g/mol. The average Bonchev–Trinajstić information content (AvgIpc) is 2.78. The number of halogens is 2. The molecule has 0 fully saturated rings. The molecule has 0 aliphatic carbocycles. The van der Waals surface area contributed by atoms with Crippen LogP contribution in [-0.4, -0.2) is 40.4 Å². The van der Waals surface area contributed by atoms with Gasteiger partial charge in [-0.15, -0.1) is 0 Å². The molecule has 21 heavy (non-hydrogen) atoms. The van der Waals surface area contributed by atoms with Gasteiger partial charge in [-0.25, -0.2) is 0 Å². The minimum Gasteiger partial charge on any atom is -0.379 e. The van der Waals surface area contributed by atoms with Gasteiger partial charge in [-0.3, -0.25) is 4.68 Å². The van der Waals surface area contributed by atoms with Crippen LogP contribution in [0, 0.1) is 0 Å². The summed E-state index contributed by atoms with van der Waals surface area (Å²) in [5, 5.41) is 15.7. The van der Waals surface area contributed by atoms with E-state index in [4.69, 9.17) is 11.6 Å². The van der Waals surface area contributed by atoms with Crippen LogP contribution in [0.1, 0.15) is 18.2 Å². The van der Waals surface area contributed by atoms with E-state index in [1.807, 2.05) is 38.4 Å². The Bertz CT molecular complexity index is 608. The van der Waals surface area contributed by atoms with Crippen molar-refractivity contribution in [3.05, 3.63) is 51.2 Å². The Morgan fingerprint density at radius 1 is 1.33 bits per heavy atom. The molecule has 1 heterocycles. The molecule has 6 heteroatoms. The lowest BCUT2D eigenvalue weighted by Crippen LogP contribution is -2.29. The molecule has 0 spiro atoms. The Kier molecular flexibility index (Phi) is 5.09. The third-order valence-corrected chi connectivity index (χ3v) is 4.23. The van der Waals surface area contributed by atoms with Crippen LogP contribution in [0.2, 0.25) is 5.02 Å². The van der Waals surface area contributed by atoms with E-state index >= 15 is 0 Å². The molecule has 1 atom stereocenters. The molecule has 2 aromatic rings. The Balaban J connectivity index is 2.39. The summed E-state index contributed by atoms with van der Waals surface area (Å²) in [5.41, 5.74) is 0.202. The number of aliphatic hydroxyl groups is 1. The molecule has 0 radical (unpaired) electrons. The van der Waals surface area contributed by atoms with E-state index < -0.39 is 5.60 Å². The van der Waals surface area contributed by atoms with E-state index in [1.54, 1.807) is 17.8 Å². The van der Waals surface area contributed by atoms with E-state index in [9.17, 15) is 5.11 Å². The number of rotatable bonds is 5. The second-order valence-corrected chi connectivity index (χ2v) is 6.77. The molecule has 0 bridgehead atoms. The number of benzene rings is 1. The van der Waals surface area contributed by atoms with Gasteiger partial charge >= 0.3 is 0 Å². The highest BCUT2D eigenvalue weighted by Gasteiger charge is 2.32. The number of nitrogens with zero attached hydrogens (tertiary/aromatic N) is 3. The van der Waals surface area contributed by atoms with Crippen molar-refractivity contribution in [3.63, 3.8) is 0 Å². The molecule has 1 unspecified atom stereocenters. The summed E-state index contributed by atoms with van der Waals surface area (Å²) in [7, 11) is 4.00. The summed E-state index contributed by atoms with van der Waals surface area (Å²) in [6.07, 6.45) is 1.58. The van der Waals surface area contributed by atoms with Gasteiger partial charge < -0.3 is 10.0 Å². The fourth-order valence-corrected chi connectivity index (χ4v) is 2.81. The highest BCUT2D eigenvalue weighted by atomic mass is 79.9. The molecule has 1 aromatic carbocycles. The van der Waals surface area contributed by atoms with Crippen molar-refractivity contribution in [2.24, 2.45) is 0 Å². The topological polar surface area (TPSA) is 41.3 Å². The molecule has 114 valence electrons. The smallest absolute Gasteiger partial charge is 0.130 e. The summed E-state index contributed by atoms with van der Waals surface area (Å²) in [6, 6.07) is 7.56. The van der Waals surface area contributed by atoms with Crippen LogP contribution in [-0.2, 0) is 12.1 Å². The van der Waals surface area contributed by atoms with Crippen LogP contribution in [0.15, 0.2) is 34.9 Å². The van der Waals surface area contributed by atoms with Crippen molar-refractivity contribution in [1.82, 2.24) is 14.7 Å². The van der Waals surface area contributed by atoms with Crippen molar-refractivity contribution in [2.45, 2.75) is 19.1 Å². The van der Waals surface area contributed by atoms with Crippen molar-refractivity contribution in [3.8, 4) is 0 Å². The van der Waals surface area contributed by atoms with Gasteiger partial charge in [0.25, 0.3) is 0 Å². The first-order valence-corrected chi connectivity index (χ1v) is 7.84. The van der Waals surface area contributed by atoms with Gasteiger partial charge in [0.2, 0.25) is 0 Å². The fourth-order valence-electron chi connectivity index (χ4n) is 2.22. The Labute approximate surface area is 138 Å². The third-order valence-electron chi connectivity index (χ3n) is 3.42. The molecule has 4 nitrogen and oxygen atoms in total. The lowest BCUT2D eigenvalue weighted by Gasteiger charge is -2.26. The summed E-state index contributed by atoms with van der Waals surface area (Å²) >= 11 is 9.66. The maximum atomic E-state index is 11.0. The highest BCUT2D eigenvalue weighted by molar-refractivity contribution is 9.10. The third kappa shape index (κ3) is 3.66. The molecular weight excluding hydrogens is 354 g/mol. The summed E-state index contributed by atoms with van der Waals surface area (Å²) in [6.45, 7) is 3.23. The molecule has 0 aliphatic heterocycles.